The van der Waals surface area contributed by atoms with Crippen molar-refractivity contribution in [1.29, 1.82) is 0 Å². The second-order valence-electron chi connectivity index (χ2n) is 6.09. The van der Waals surface area contributed by atoms with E-state index in [0.717, 1.165) is 5.92 Å². The van der Waals surface area contributed by atoms with E-state index in [2.05, 4.69) is 12.2 Å². The second-order valence-corrected chi connectivity index (χ2v) is 6.09. The quantitative estimate of drug-likeness (QED) is 0.794. The number of hydrogen-bond donors (Lipinski definition) is 1. The number of carbonyl (C=O) groups is 2. The third kappa shape index (κ3) is 6.03. The Bertz CT molecular complexity index is 307. The fraction of sp³-hybridized carbons (Fsp3) is 0.857. The van der Waals surface area contributed by atoms with Crippen molar-refractivity contribution in [3.8, 4) is 0 Å². The molecule has 1 amide bonds. The number of Topliss-reactive ketones (excluding diaryl/α,β-unsaturated/α-hetero) is 1. The maximum absolute atomic E-state index is 11.6. The van der Waals surface area contributed by atoms with Gasteiger partial charge < -0.3 is 10.1 Å². The van der Waals surface area contributed by atoms with Gasteiger partial charge in [0.1, 0.15) is 11.4 Å². The van der Waals surface area contributed by atoms with Crippen molar-refractivity contribution in [3.63, 3.8) is 0 Å². The van der Waals surface area contributed by atoms with Crippen LogP contribution in [0.4, 0.5) is 4.79 Å². The van der Waals surface area contributed by atoms with E-state index in [4.69, 9.17) is 4.74 Å². The lowest BCUT2D eigenvalue weighted by Crippen LogP contribution is -2.33. The minimum Gasteiger partial charge on any atom is -0.444 e. The summed E-state index contributed by atoms with van der Waals surface area (Å²) in [5.41, 5.74) is -0.490. The lowest BCUT2D eigenvalue weighted by atomic mass is 10.1. The lowest BCUT2D eigenvalue weighted by Gasteiger charge is -2.19. The SMILES string of the molecule is CCC1CC1CC(=O)CCNC(=O)OC(C)(C)C. The molecule has 1 N–H and O–H groups in total. The number of alkyl carbamates (subject to hydrolysis) is 1. The number of amides is 1. The molecule has 104 valence electrons. The summed E-state index contributed by atoms with van der Waals surface area (Å²) in [7, 11) is 0. The Balaban J connectivity index is 2.07. The zero-order chi connectivity index (χ0) is 13.8. The highest BCUT2D eigenvalue weighted by Gasteiger charge is 2.36. The Morgan fingerprint density at radius 1 is 1.28 bits per heavy atom. The molecular formula is C14H25NO3. The third-order valence-corrected chi connectivity index (χ3v) is 3.16. The second kappa shape index (κ2) is 6.21. The van der Waals surface area contributed by atoms with Gasteiger partial charge in [0.25, 0.3) is 0 Å². The topological polar surface area (TPSA) is 55.4 Å². The van der Waals surface area contributed by atoms with Crippen LogP contribution in [0, 0.1) is 11.8 Å². The van der Waals surface area contributed by atoms with Gasteiger partial charge in [-0.25, -0.2) is 4.79 Å². The number of ether oxygens (including phenoxy) is 1. The molecular weight excluding hydrogens is 230 g/mol. The van der Waals surface area contributed by atoms with E-state index >= 15 is 0 Å². The van der Waals surface area contributed by atoms with Crippen LogP contribution in [0.3, 0.4) is 0 Å². The summed E-state index contributed by atoms with van der Waals surface area (Å²) in [6.45, 7) is 7.98. The van der Waals surface area contributed by atoms with Gasteiger partial charge >= 0.3 is 6.09 Å². The van der Waals surface area contributed by atoms with Gasteiger partial charge in [-0.3, -0.25) is 4.79 Å². The Labute approximate surface area is 109 Å². The molecule has 2 atom stereocenters. The molecule has 1 aliphatic rings. The van der Waals surface area contributed by atoms with E-state index in [1.54, 1.807) is 0 Å². The molecule has 18 heavy (non-hydrogen) atoms. The highest BCUT2D eigenvalue weighted by molar-refractivity contribution is 5.79. The molecule has 0 aliphatic heterocycles. The lowest BCUT2D eigenvalue weighted by molar-refractivity contribution is -0.119. The molecule has 1 fully saturated rings. The monoisotopic (exact) mass is 255 g/mol. The van der Waals surface area contributed by atoms with E-state index in [-0.39, 0.29) is 5.78 Å². The van der Waals surface area contributed by atoms with Gasteiger partial charge in [0.15, 0.2) is 0 Å². The van der Waals surface area contributed by atoms with Crippen LogP contribution < -0.4 is 5.32 Å². The standard InChI is InChI=1S/C14H25NO3/c1-5-10-8-11(10)9-12(16)6-7-15-13(17)18-14(2,3)4/h10-11H,5-9H2,1-4H3,(H,15,17). The summed E-state index contributed by atoms with van der Waals surface area (Å²) in [6.07, 6.45) is 3.00. The van der Waals surface area contributed by atoms with Gasteiger partial charge in [0, 0.05) is 19.4 Å². The Morgan fingerprint density at radius 2 is 1.94 bits per heavy atom. The van der Waals surface area contributed by atoms with Gasteiger partial charge in [-0.2, -0.15) is 0 Å². The Morgan fingerprint density at radius 3 is 2.44 bits per heavy atom. The van der Waals surface area contributed by atoms with Gasteiger partial charge in [0.05, 0.1) is 0 Å². The first-order valence-electron chi connectivity index (χ1n) is 6.80. The average molecular weight is 255 g/mol. The van der Waals surface area contributed by atoms with Crippen molar-refractivity contribution in [1.82, 2.24) is 5.32 Å². The molecule has 0 heterocycles. The van der Waals surface area contributed by atoms with Gasteiger partial charge in [0.2, 0.25) is 0 Å². The predicted molar refractivity (Wildman–Crippen MR) is 70.4 cm³/mol. The summed E-state index contributed by atoms with van der Waals surface area (Å²) in [4.78, 5) is 23.0. The van der Waals surface area contributed by atoms with Crippen LogP contribution in [0.1, 0.15) is 53.4 Å². The van der Waals surface area contributed by atoms with Crippen LogP contribution in [0.5, 0.6) is 0 Å². The number of ketones is 1. The van der Waals surface area contributed by atoms with Crippen molar-refractivity contribution >= 4 is 11.9 Å². The molecule has 1 rings (SSSR count). The molecule has 0 saturated heterocycles. The molecule has 4 nitrogen and oxygen atoms in total. The van der Waals surface area contributed by atoms with Crippen molar-refractivity contribution in [2.24, 2.45) is 11.8 Å². The largest absolute Gasteiger partial charge is 0.444 e. The third-order valence-electron chi connectivity index (χ3n) is 3.16. The van der Waals surface area contributed by atoms with E-state index in [1.807, 2.05) is 20.8 Å². The van der Waals surface area contributed by atoms with Crippen LogP contribution in [0.2, 0.25) is 0 Å². The van der Waals surface area contributed by atoms with Gasteiger partial charge in [-0.15, -0.1) is 0 Å². The molecule has 1 saturated carbocycles. The normalized spacial score (nSPS) is 22.4. The van der Waals surface area contributed by atoms with Gasteiger partial charge in [-0.1, -0.05) is 13.3 Å². The maximum atomic E-state index is 11.6. The Kier molecular flexibility index (Phi) is 5.17. The van der Waals surface area contributed by atoms with Crippen molar-refractivity contribution in [2.45, 2.75) is 59.0 Å². The van der Waals surface area contributed by atoms with E-state index in [0.29, 0.717) is 25.3 Å². The summed E-state index contributed by atoms with van der Waals surface area (Å²) < 4.78 is 5.09. The number of carbonyl (C=O) groups excluding carboxylic acids is 2. The molecule has 0 aromatic carbocycles. The van der Waals surface area contributed by atoms with Crippen LogP contribution in [-0.2, 0) is 9.53 Å². The number of hydrogen-bond acceptors (Lipinski definition) is 3. The number of nitrogens with one attached hydrogen (secondary N) is 1. The van der Waals surface area contributed by atoms with Crippen LogP contribution in [0.15, 0.2) is 0 Å². The molecule has 2 unspecified atom stereocenters. The van der Waals surface area contributed by atoms with Crippen molar-refractivity contribution < 1.29 is 14.3 Å². The zero-order valence-electron chi connectivity index (χ0n) is 11.9. The van der Waals surface area contributed by atoms with Crippen molar-refractivity contribution in [2.75, 3.05) is 6.54 Å². The average Bonchev–Trinajstić information content (AvgIpc) is 2.93. The smallest absolute Gasteiger partial charge is 0.407 e. The fourth-order valence-electron chi connectivity index (χ4n) is 2.07. The zero-order valence-corrected chi connectivity index (χ0v) is 11.9. The maximum Gasteiger partial charge on any atom is 0.407 e. The molecule has 1 aliphatic carbocycles. The van der Waals surface area contributed by atoms with E-state index in [1.165, 1.54) is 12.8 Å². The molecule has 0 spiro atoms. The summed E-state index contributed by atoms with van der Waals surface area (Å²) >= 11 is 0. The molecule has 0 bridgehead atoms. The number of rotatable bonds is 6. The Hall–Kier alpha value is -1.06. The minimum absolute atomic E-state index is 0.243. The summed E-state index contributed by atoms with van der Waals surface area (Å²) in [5, 5.41) is 2.61. The molecule has 0 aromatic heterocycles. The summed E-state index contributed by atoms with van der Waals surface area (Å²) in [5.74, 6) is 1.60. The van der Waals surface area contributed by atoms with Crippen molar-refractivity contribution in [3.05, 3.63) is 0 Å². The highest BCUT2D eigenvalue weighted by Crippen LogP contribution is 2.43. The minimum atomic E-state index is -0.490. The van der Waals surface area contributed by atoms with Crippen LogP contribution in [-0.4, -0.2) is 24.0 Å². The fourth-order valence-corrected chi connectivity index (χ4v) is 2.07. The van der Waals surface area contributed by atoms with Crippen LogP contribution >= 0.6 is 0 Å². The van der Waals surface area contributed by atoms with Gasteiger partial charge in [-0.05, 0) is 39.0 Å². The molecule has 0 radical (unpaired) electrons. The molecule has 4 heteroatoms. The summed E-state index contributed by atoms with van der Waals surface area (Å²) in [6, 6.07) is 0. The van der Waals surface area contributed by atoms with Crippen LogP contribution in [0.25, 0.3) is 0 Å². The predicted octanol–water partition coefficient (Wildman–Crippen LogP) is 2.91. The van der Waals surface area contributed by atoms with E-state index in [9.17, 15) is 9.59 Å². The van der Waals surface area contributed by atoms with E-state index < -0.39 is 11.7 Å². The first kappa shape index (κ1) is 15.0. The molecule has 0 aromatic rings. The first-order chi connectivity index (χ1) is 8.31. The first-order valence-corrected chi connectivity index (χ1v) is 6.80. The highest BCUT2D eigenvalue weighted by atomic mass is 16.6.